The standard InChI is InChI=1S/C15H29N3OS/c1-20-15(8-10-19-11-9-15)12-17-14(16)18-13-6-4-2-3-5-7-13/h13H,2-12H2,1H3,(H3,16,17,18). The lowest BCUT2D eigenvalue weighted by Gasteiger charge is -2.34. The van der Waals surface area contributed by atoms with E-state index in [4.69, 9.17) is 10.5 Å². The second-order valence-electron chi connectivity index (χ2n) is 6.03. The highest BCUT2D eigenvalue weighted by Gasteiger charge is 2.31. The maximum atomic E-state index is 6.08. The van der Waals surface area contributed by atoms with Crippen LogP contribution in [0.1, 0.15) is 51.4 Å². The molecule has 0 amide bonds. The maximum Gasteiger partial charge on any atom is 0.188 e. The Morgan fingerprint density at radius 2 is 1.90 bits per heavy atom. The summed E-state index contributed by atoms with van der Waals surface area (Å²) in [6.45, 7) is 2.52. The highest BCUT2D eigenvalue weighted by Crippen LogP contribution is 2.33. The molecular weight excluding hydrogens is 270 g/mol. The van der Waals surface area contributed by atoms with Crippen LogP contribution >= 0.6 is 11.8 Å². The summed E-state index contributed by atoms with van der Waals surface area (Å²) in [6.07, 6.45) is 12.2. The molecular formula is C15H29N3OS. The maximum absolute atomic E-state index is 6.08. The molecule has 0 aromatic carbocycles. The fraction of sp³-hybridized carbons (Fsp3) is 0.933. The molecule has 1 heterocycles. The highest BCUT2D eigenvalue weighted by molar-refractivity contribution is 8.00. The van der Waals surface area contributed by atoms with Gasteiger partial charge in [0, 0.05) is 24.0 Å². The van der Waals surface area contributed by atoms with E-state index in [0.29, 0.717) is 12.0 Å². The van der Waals surface area contributed by atoms with Crippen molar-refractivity contribution in [2.45, 2.75) is 62.2 Å². The topological polar surface area (TPSA) is 59.6 Å². The third-order valence-corrected chi connectivity index (χ3v) is 5.99. The van der Waals surface area contributed by atoms with Crippen molar-refractivity contribution >= 4 is 17.7 Å². The molecule has 0 aromatic heterocycles. The lowest BCUT2D eigenvalue weighted by molar-refractivity contribution is 0.0794. The monoisotopic (exact) mass is 299 g/mol. The van der Waals surface area contributed by atoms with Crippen LogP contribution in [0.4, 0.5) is 0 Å². The summed E-state index contributed by atoms with van der Waals surface area (Å²) >= 11 is 1.91. The van der Waals surface area contributed by atoms with Crippen molar-refractivity contribution in [2.75, 3.05) is 26.0 Å². The average molecular weight is 299 g/mol. The number of ether oxygens (including phenoxy) is 1. The lowest BCUT2D eigenvalue weighted by Crippen LogP contribution is -2.42. The number of nitrogens with two attached hydrogens (primary N) is 1. The molecule has 1 aliphatic heterocycles. The number of rotatable bonds is 4. The zero-order valence-corrected chi connectivity index (χ0v) is 13.5. The van der Waals surface area contributed by atoms with E-state index in [9.17, 15) is 0 Å². The fourth-order valence-electron chi connectivity index (χ4n) is 3.08. The number of aliphatic imine (C=N–C) groups is 1. The van der Waals surface area contributed by atoms with E-state index in [2.05, 4.69) is 16.6 Å². The minimum absolute atomic E-state index is 0.230. The number of thioether (sulfide) groups is 1. The molecule has 0 spiro atoms. The Kier molecular flexibility index (Phi) is 6.49. The van der Waals surface area contributed by atoms with Gasteiger partial charge in [0.25, 0.3) is 0 Å². The molecule has 2 aliphatic rings. The molecule has 0 radical (unpaired) electrons. The third kappa shape index (κ3) is 4.85. The van der Waals surface area contributed by atoms with Crippen LogP contribution in [-0.4, -0.2) is 42.8 Å². The zero-order chi connectivity index (χ0) is 14.3. The van der Waals surface area contributed by atoms with Crippen molar-refractivity contribution in [1.29, 1.82) is 0 Å². The summed E-state index contributed by atoms with van der Waals surface area (Å²) in [6, 6.07) is 0.529. The number of guanidine groups is 1. The van der Waals surface area contributed by atoms with Crippen LogP contribution in [-0.2, 0) is 4.74 Å². The SMILES string of the molecule is CSC1(CN=C(N)NC2CCCCCC2)CCOCC1. The Morgan fingerprint density at radius 1 is 1.25 bits per heavy atom. The van der Waals surface area contributed by atoms with Gasteiger partial charge in [-0.25, -0.2) is 0 Å². The first-order valence-electron chi connectivity index (χ1n) is 7.93. The van der Waals surface area contributed by atoms with Crippen LogP contribution < -0.4 is 11.1 Å². The van der Waals surface area contributed by atoms with Gasteiger partial charge in [0.2, 0.25) is 0 Å². The summed E-state index contributed by atoms with van der Waals surface area (Å²) in [5, 5.41) is 3.43. The van der Waals surface area contributed by atoms with Gasteiger partial charge >= 0.3 is 0 Å². The number of hydrogen-bond donors (Lipinski definition) is 2. The average Bonchev–Trinajstić information content (AvgIpc) is 2.75. The molecule has 2 rings (SSSR count). The van der Waals surface area contributed by atoms with Gasteiger partial charge in [-0.05, 0) is 31.9 Å². The van der Waals surface area contributed by atoms with Gasteiger partial charge in [-0.3, -0.25) is 4.99 Å². The molecule has 1 saturated heterocycles. The van der Waals surface area contributed by atoms with E-state index in [1.54, 1.807) is 0 Å². The normalized spacial score (nSPS) is 25.1. The third-order valence-electron chi connectivity index (χ3n) is 4.58. The summed E-state index contributed by atoms with van der Waals surface area (Å²) in [7, 11) is 0. The van der Waals surface area contributed by atoms with E-state index in [0.717, 1.165) is 32.6 Å². The molecule has 3 N–H and O–H groups in total. The van der Waals surface area contributed by atoms with E-state index >= 15 is 0 Å². The van der Waals surface area contributed by atoms with E-state index in [1.807, 2.05) is 11.8 Å². The van der Waals surface area contributed by atoms with Gasteiger partial charge in [0.15, 0.2) is 5.96 Å². The zero-order valence-electron chi connectivity index (χ0n) is 12.7. The molecule has 4 nitrogen and oxygen atoms in total. The van der Waals surface area contributed by atoms with Gasteiger partial charge in [-0.2, -0.15) is 11.8 Å². The smallest absolute Gasteiger partial charge is 0.188 e. The van der Waals surface area contributed by atoms with Crippen LogP contribution in [0.5, 0.6) is 0 Å². The second kappa shape index (κ2) is 8.13. The van der Waals surface area contributed by atoms with Crippen molar-refractivity contribution in [3.63, 3.8) is 0 Å². The molecule has 116 valence electrons. The largest absolute Gasteiger partial charge is 0.381 e. The predicted octanol–water partition coefficient (Wildman–Crippen LogP) is 2.53. The summed E-state index contributed by atoms with van der Waals surface area (Å²) in [5.41, 5.74) is 6.08. The number of nitrogens with one attached hydrogen (secondary N) is 1. The first kappa shape index (κ1) is 16.0. The first-order valence-corrected chi connectivity index (χ1v) is 9.16. The van der Waals surface area contributed by atoms with Gasteiger partial charge in [-0.1, -0.05) is 25.7 Å². The Balaban J connectivity index is 1.82. The summed E-state index contributed by atoms with van der Waals surface area (Å²) < 4.78 is 5.69. The Hall–Kier alpha value is -0.420. The van der Waals surface area contributed by atoms with Crippen LogP contribution in [0, 0.1) is 0 Å². The molecule has 0 atom stereocenters. The Morgan fingerprint density at radius 3 is 2.50 bits per heavy atom. The van der Waals surface area contributed by atoms with E-state index in [-0.39, 0.29) is 4.75 Å². The second-order valence-corrected chi connectivity index (χ2v) is 7.31. The minimum Gasteiger partial charge on any atom is -0.381 e. The molecule has 5 heteroatoms. The predicted molar refractivity (Wildman–Crippen MR) is 87.4 cm³/mol. The molecule has 0 aromatic rings. The van der Waals surface area contributed by atoms with Crippen molar-refractivity contribution in [3.8, 4) is 0 Å². The van der Waals surface area contributed by atoms with Crippen LogP contribution in [0.3, 0.4) is 0 Å². The number of hydrogen-bond acceptors (Lipinski definition) is 3. The van der Waals surface area contributed by atoms with Crippen molar-refractivity contribution < 1.29 is 4.74 Å². The molecule has 0 bridgehead atoms. The van der Waals surface area contributed by atoms with Crippen LogP contribution in [0.2, 0.25) is 0 Å². The number of nitrogens with zero attached hydrogens (tertiary/aromatic N) is 1. The molecule has 1 aliphatic carbocycles. The van der Waals surface area contributed by atoms with E-state index < -0.39 is 0 Å². The van der Waals surface area contributed by atoms with Crippen LogP contribution in [0.15, 0.2) is 4.99 Å². The van der Waals surface area contributed by atoms with Crippen molar-refractivity contribution in [1.82, 2.24) is 5.32 Å². The van der Waals surface area contributed by atoms with Crippen molar-refractivity contribution in [2.24, 2.45) is 10.7 Å². The molecule has 20 heavy (non-hydrogen) atoms. The fourth-order valence-corrected chi connectivity index (χ4v) is 3.85. The molecule has 2 fully saturated rings. The summed E-state index contributed by atoms with van der Waals surface area (Å²) in [4.78, 5) is 4.62. The summed E-state index contributed by atoms with van der Waals surface area (Å²) in [5.74, 6) is 0.636. The Bertz CT molecular complexity index is 308. The van der Waals surface area contributed by atoms with E-state index in [1.165, 1.54) is 38.5 Å². The molecule has 1 saturated carbocycles. The first-order chi connectivity index (χ1) is 9.74. The van der Waals surface area contributed by atoms with Crippen LogP contribution in [0.25, 0.3) is 0 Å². The lowest BCUT2D eigenvalue weighted by atomic mass is 9.99. The quantitative estimate of drug-likeness (QED) is 0.476. The highest BCUT2D eigenvalue weighted by atomic mass is 32.2. The molecule has 0 unspecified atom stereocenters. The Labute approximate surface area is 127 Å². The van der Waals surface area contributed by atoms with Gasteiger partial charge in [0.1, 0.15) is 0 Å². The van der Waals surface area contributed by atoms with Crippen molar-refractivity contribution in [3.05, 3.63) is 0 Å². The van der Waals surface area contributed by atoms with Gasteiger partial charge < -0.3 is 15.8 Å². The minimum atomic E-state index is 0.230. The van der Waals surface area contributed by atoms with Gasteiger partial charge in [-0.15, -0.1) is 0 Å². The van der Waals surface area contributed by atoms with Gasteiger partial charge in [0.05, 0.1) is 6.54 Å².